The molecule has 2 aromatic rings. The molecule has 0 aromatic carbocycles. The number of nitrogens with one attached hydrogen (secondary N) is 1. The van der Waals surface area contributed by atoms with E-state index in [4.69, 9.17) is 5.73 Å². The summed E-state index contributed by atoms with van der Waals surface area (Å²) in [5, 5.41) is 4.38. The fourth-order valence-corrected chi connectivity index (χ4v) is 3.54. The second-order valence-electron chi connectivity index (χ2n) is 5.79. The molecule has 0 bridgehead atoms. The Balaban J connectivity index is 1.66. The summed E-state index contributed by atoms with van der Waals surface area (Å²) in [5.74, 6) is 1.05. The van der Waals surface area contributed by atoms with Gasteiger partial charge in [-0.15, -0.1) is 11.3 Å². The van der Waals surface area contributed by atoms with Crippen molar-refractivity contribution in [2.75, 3.05) is 19.6 Å². The number of rotatable bonds is 5. The summed E-state index contributed by atoms with van der Waals surface area (Å²) in [5.41, 5.74) is 7.85. The van der Waals surface area contributed by atoms with Gasteiger partial charge in [-0.05, 0) is 12.8 Å². The largest absolute Gasteiger partial charge is 0.352 e. The summed E-state index contributed by atoms with van der Waals surface area (Å²) in [6, 6.07) is -0.685. The van der Waals surface area contributed by atoms with Gasteiger partial charge >= 0.3 is 6.03 Å². The average molecular weight is 348 g/mol. The lowest BCUT2D eigenvalue weighted by Gasteiger charge is -2.32. The summed E-state index contributed by atoms with van der Waals surface area (Å²) >= 11 is 1.57. The fourth-order valence-electron chi connectivity index (χ4n) is 2.99. The minimum absolute atomic E-state index is 0.0602. The number of nitrogens with two attached hydrogens (primary N) is 1. The second kappa shape index (κ2) is 7.43. The van der Waals surface area contributed by atoms with E-state index in [1.807, 2.05) is 17.1 Å². The number of hydrogen-bond donors (Lipinski definition) is 2. The Hall–Kier alpha value is -2.42. The van der Waals surface area contributed by atoms with Crippen LogP contribution < -0.4 is 11.1 Å². The van der Waals surface area contributed by atoms with E-state index in [0.717, 1.165) is 24.4 Å². The van der Waals surface area contributed by atoms with Crippen LogP contribution in [-0.4, -0.2) is 51.0 Å². The van der Waals surface area contributed by atoms with Gasteiger partial charge in [0.15, 0.2) is 0 Å². The lowest BCUT2D eigenvalue weighted by Crippen LogP contribution is -2.45. The predicted molar refractivity (Wildman–Crippen MR) is 89.6 cm³/mol. The minimum atomic E-state index is -0.685. The van der Waals surface area contributed by atoms with Crippen LogP contribution in [0.3, 0.4) is 0 Å². The van der Waals surface area contributed by atoms with Gasteiger partial charge in [0.1, 0.15) is 5.82 Å². The van der Waals surface area contributed by atoms with E-state index in [1.54, 1.807) is 22.4 Å². The Morgan fingerprint density at radius 2 is 2.29 bits per heavy atom. The Labute approximate surface area is 143 Å². The first-order valence-corrected chi connectivity index (χ1v) is 8.77. The number of hydrogen-bond acceptors (Lipinski definition) is 5. The normalized spacial score (nSPS) is 17.7. The smallest absolute Gasteiger partial charge is 0.312 e. The summed E-state index contributed by atoms with van der Waals surface area (Å²) in [6.45, 7) is 1.93. The van der Waals surface area contributed by atoms with E-state index in [0.29, 0.717) is 19.6 Å². The van der Waals surface area contributed by atoms with Crippen molar-refractivity contribution in [3.05, 3.63) is 34.8 Å². The van der Waals surface area contributed by atoms with Crippen LogP contribution in [0.4, 0.5) is 4.79 Å². The molecule has 1 atom stereocenters. The van der Waals surface area contributed by atoms with E-state index in [-0.39, 0.29) is 18.4 Å². The molecule has 0 spiro atoms. The monoisotopic (exact) mass is 348 g/mol. The van der Waals surface area contributed by atoms with Crippen LogP contribution in [-0.2, 0) is 11.3 Å². The van der Waals surface area contributed by atoms with E-state index in [2.05, 4.69) is 19.9 Å². The lowest BCUT2D eigenvalue weighted by atomic mass is 9.97. The van der Waals surface area contributed by atoms with Gasteiger partial charge in [-0.25, -0.2) is 14.8 Å². The number of piperidine rings is 1. The first kappa shape index (κ1) is 16.4. The highest BCUT2D eigenvalue weighted by Crippen LogP contribution is 2.26. The van der Waals surface area contributed by atoms with E-state index >= 15 is 0 Å². The topological polar surface area (TPSA) is 106 Å². The number of thiazole rings is 1. The molecular formula is C15H20N6O2S. The summed E-state index contributed by atoms with van der Waals surface area (Å²) in [4.78, 5) is 33.5. The van der Waals surface area contributed by atoms with Crippen LogP contribution in [0.25, 0.3) is 0 Å². The number of carbonyl (C=O) groups excluding carboxylic acids is 2. The van der Waals surface area contributed by atoms with Crippen molar-refractivity contribution < 1.29 is 9.59 Å². The van der Waals surface area contributed by atoms with Crippen molar-refractivity contribution in [1.82, 2.24) is 24.8 Å². The van der Waals surface area contributed by atoms with Crippen molar-refractivity contribution in [2.24, 2.45) is 5.73 Å². The van der Waals surface area contributed by atoms with E-state index < -0.39 is 6.03 Å². The first-order chi connectivity index (χ1) is 11.6. The van der Waals surface area contributed by atoms with Crippen LogP contribution in [0.2, 0.25) is 0 Å². The molecule has 9 heteroatoms. The van der Waals surface area contributed by atoms with Crippen molar-refractivity contribution in [2.45, 2.75) is 25.3 Å². The molecule has 24 heavy (non-hydrogen) atoms. The van der Waals surface area contributed by atoms with Gasteiger partial charge in [0.25, 0.3) is 0 Å². The highest BCUT2D eigenvalue weighted by Gasteiger charge is 2.27. The van der Waals surface area contributed by atoms with Crippen LogP contribution in [0.1, 0.15) is 30.3 Å². The number of amides is 3. The highest BCUT2D eigenvalue weighted by molar-refractivity contribution is 7.07. The zero-order chi connectivity index (χ0) is 16.9. The Kier molecular flexibility index (Phi) is 5.09. The van der Waals surface area contributed by atoms with Crippen molar-refractivity contribution in [1.29, 1.82) is 0 Å². The number of imidazole rings is 1. The Morgan fingerprint density at radius 3 is 3.04 bits per heavy atom. The molecule has 0 saturated carbocycles. The molecule has 3 amide bonds. The second-order valence-corrected chi connectivity index (χ2v) is 6.51. The maximum Gasteiger partial charge on any atom is 0.312 e. The number of likely N-dealkylation sites (tertiary alicyclic amines) is 1. The third-order valence-corrected chi connectivity index (χ3v) is 4.75. The highest BCUT2D eigenvalue weighted by atomic mass is 32.1. The summed E-state index contributed by atoms with van der Waals surface area (Å²) in [7, 11) is 0. The lowest BCUT2D eigenvalue weighted by molar-refractivity contribution is -0.131. The van der Waals surface area contributed by atoms with Gasteiger partial charge in [-0.1, -0.05) is 0 Å². The molecule has 1 aliphatic rings. The Bertz CT molecular complexity index is 699. The number of primary amides is 1. The van der Waals surface area contributed by atoms with Crippen molar-refractivity contribution >= 4 is 23.3 Å². The number of carbonyl (C=O) groups is 2. The van der Waals surface area contributed by atoms with Crippen LogP contribution >= 0.6 is 11.3 Å². The molecule has 3 rings (SSSR count). The quantitative estimate of drug-likeness (QED) is 0.832. The predicted octanol–water partition coefficient (Wildman–Crippen LogP) is 0.762. The summed E-state index contributed by atoms with van der Waals surface area (Å²) < 4.78 is 2.09. The molecule has 3 heterocycles. The fraction of sp³-hybridized carbons (Fsp3) is 0.467. The minimum Gasteiger partial charge on any atom is -0.352 e. The van der Waals surface area contributed by atoms with Crippen molar-refractivity contribution in [3.8, 4) is 0 Å². The van der Waals surface area contributed by atoms with Crippen molar-refractivity contribution in [3.63, 3.8) is 0 Å². The maximum atomic E-state index is 12.2. The van der Waals surface area contributed by atoms with Gasteiger partial charge in [0.05, 0.1) is 24.3 Å². The zero-order valence-electron chi connectivity index (χ0n) is 13.2. The Morgan fingerprint density at radius 1 is 1.42 bits per heavy atom. The molecule has 0 radical (unpaired) electrons. The molecule has 1 saturated heterocycles. The average Bonchev–Trinajstić information content (AvgIpc) is 3.25. The summed E-state index contributed by atoms with van der Waals surface area (Å²) in [6.07, 6.45) is 5.64. The number of nitrogens with zero attached hydrogens (tertiary/aromatic N) is 4. The number of urea groups is 1. The molecular weight excluding hydrogens is 328 g/mol. The third kappa shape index (κ3) is 3.91. The molecule has 1 unspecified atom stereocenters. The third-order valence-electron chi connectivity index (χ3n) is 4.12. The van der Waals surface area contributed by atoms with Crippen LogP contribution in [0, 0.1) is 0 Å². The van der Waals surface area contributed by atoms with E-state index in [1.165, 1.54) is 0 Å². The maximum absolute atomic E-state index is 12.2. The molecule has 8 nitrogen and oxygen atoms in total. The van der Waals surface area contributed by atoms with Gasteiger partial charge in [-0.3, -0.25) is 4.79 Å². The SMILES string of the molecule is NC(=O)NCC(=O)N1CCCC(c2nccn2Cc2cscn2)C1. The van der Waals surface area contributed by atoms with Gasteiger partial charge in [-0.2, -0.15) is 0 Å². The molecule has 1 fully saturated rings. The molecule has 128 valence electrons. The molecule has 3 N–H and O–H groups in total. The number of aromatic nitrogens is 3. The zero-order valence-corrected chi connectivity index (χ0v) is 14.0. The molecule has 1 aliphatic heterocycles. The standard InChI is InChI=1S/C15H20N6O2S/c16-15(23)18-6-13(22)20-4-1-2-11(7-20)14-17-3-5-21(14)8-12-9-24-10-19-12/h3,5,9-11H,1-2,4,6-8H2,(H3,16,18,23). The molecule has 2 aromatic heterocycles. The molecule has 0 aliphatic carbocycles. The van der Waals surface area contributed by atoms with Crippen LogP contribution in [0.5, 0.6) is 0 Å². The van der Waals surface area contributed by atoms with Gasteiger partial charge in [0.2, 0.25) is 5.91 Å². The van der Waals surface area contributed by atoms with Gasteiger partial charge < -0.3 is 20.5 Å². The first-order valence-electron chi connectivity index (χ1n) is 7.82. The van der Waals surface area contributed by atoms with Crippen LogP contribution in [0.15, 0.2) is 23.3 Å². The van der Waals surface area contributed by atoms with Gasteiger partial charge in [0, 0.05) is 36.8 Å². The van der Waals surface area contributed by atoms with E-state index in [9.17, 15) is 9.59 Å².